The maximum Gasteiger partial charge on any atom is 0.220 e. The second kappa shape index (κ2) is 2.48. The Morgan fingerprint density at radius 3 is 2.64 bits per heavy atom. The summed E-state index contributed by atoms with van der Waals surface area (Å²) in [6.45, 7) is 2.53. The van der Waals surface area contributed by atoms with Gasteiger partial charge in [0.15, 0.2) is 0 Å². The Bertz CT molecular complexity index is 173. The minimum Gasteiger partial charge on any atom is -0.381 e. The van der Waals surface area contributed by atoms with Crippen LogP contribution < -0.4 is 5.32 Å². The Hall–Kier alpha value is -0.570. The molecule has 1 amide bonds. The van der Waals surface area contributed by atoms with Crippen molar-refractivity contribution >= 4 is 5.91 Å². The standard InChI is InChI=1S/C8H13NO2/c10-7-5-8(6-9-7)1-3-11-4-2-8/h1-6H2,(H,9,10). The van der Waals surface area contributed by atoms with Crippen LogP contribution in [-0.4, -0.2) is 25.7 Å². The predicted molar refractivity (Wildman–Crippen MR) is 40.1 cm³/mol. The van der Waals surface area contributed by atoms with Gasteiger partial charge in [0.2, 0.25) is 5.91 Å². The van der Waals surface area contributed by atoms with Gasteiger partial charge in [0, 0.05) is 31.6 Å². The summed E-state index contributed by atoms with van der Waals surface area (Å²) in [6.07, 6.45) is 2.81. The molecule has 2 saturated heterocycles. The molecular formula is C8H13NO2. The number of nitrogens with one attached hydrogen (secondary N) is 1. The fourth-order valence-corrected chi connectivity index (χ4v) is 1.91. The number of carbonyl (C=O) groups is 1. The number of rotatable bonds is 0. The van der Waals surface area contributed by atoms with Gasteiger partial charge in [-0.15, -0.1) is 0 Å². The molecule has 2 fully saturated rings. The molecule has 0 bridgehead atoms. The molecule has 0 atom stereocenters. The van der Waals surface area contributed by atoms with Gasteiger partial charge < -0.3 is 10.1 Å². The van der Waals surface area contributed by atoms with Crippen LogP contribution in [0.2, 0.25) is 0 Å². The predicted octanol–water partition coefficient (Wildman–Crippen LogP) is 0.303. The van der Waals surface area contributed by atoms with Crippen molar-refractivity contribution in [3.63, 3.8) is 0 Å². The maximum atomic E-state index is 11.0. The Labute approximate surface area is 66.1 Å². The number of hydrogen-bond donors (Lipinski definition) is 1. The van der Waals surface area contributed by atoms with E-state index in [1.165, 1.54) is 0 Å². The highest BCUT2D eigenvalue weighted by Crippen LogP contribution is 2.36. The Morgan fingerprint density at radius 1 is 1.36 bits per heavy atom. The van der Waals surface area contributed by atoms with E-state index >= 15 is 0 Å². The van der Waals surface area contributed by atoms with Gasteiger partial charge in [0.1, 0.15) is 0 Å². The summed E-state index contributed by atoms with van der Waals surface area (Å²) in [4.78, 5) is 11.0. The third-order valence-electron chi connectivity index (χ3n) is 2.75. The summed E-state index contributed by atoms with van der Waals surface area (Å²) in [5.41, 5.74) is 0.259. The molecule has 1 N–H and O–H groups in total. The van der Waals surface area contributed by atoms with E-state index < -0.39 is 0 Å². The first-order chi connectivity index (χ1) is 5.31. The first-order valence-electron chi connectivity index (χ1n) is 4.15. The molecule has 1 spiro atoms. The van der Waals surface area contributed by atoms with E-state index in [9.17, 15) is 4.79 Å². The van der Waals surface area contributed by atoms with Crippen molar-refractivity contribution in [2.24, 2.45) is 5.41 Å². The topological polar surface area (TPSA) is 38.3 Å². The number of hydrogen-bond acceptors (Lipinski definition) is 2. The average Bonchev–Trinajstić information content (AvgIpc) is 2.34. The summed E-state index contributed by atoms with van der Waals surface area (Å²) in [7, 11) is 0. The van der Waals surface area contributed by atoms with Crippen LogP contribution in [0.4, 0.5) is 0 Å². The highest BCUT2D eigenvalue weighted by Gasteiger charge is 2.39. The normalized spacial score (nSPS) is 28.9. The molecule has 2 aliphatic heterocycles. The van der Waals surface area contributed by atoms with Crippen molar-refractivity contribution in [2.75, 3.05) is 19.8 Å². The molecule has 2 rings (SSSR count). The van der Waals surface area contributed by atoms with E-state index in [0.29, 0.717) is 0 Å². The van der Waals surface area contributed by atoms with Crippen LogP contribution in [0.25, 0.3) is 0 Å². The van der Waals surface area contributed by atoms with E-state index in [1.54, 1.807) is 0 Å². The Balaban J connectivity index is 2.03. The lowest BCUT2D eigenvalue weighted by Crippen LogP contribution is -2.31. The van der Waals surface area contributed by atoms with E-state index in [4.69, 9.17) is 4.74 Å². The maximum absolute atomic E-state index is 11.0. The summed E-state index contributed by atoms with van der Waals surface area (Å²) >= 11 is 0. The van der Waals surface area contributed by atoms with Gasteiger partial charge in [0.25, 0.3) is 0 Å². The van der Waals surface area contributed by atoms with Crippen LogP contribution in [0.5, 0.6) is 0 Å². The van der Waals surface area contributed by atoms with Gasteiger partial charge in [0.05, 0.1) is 0 Å². The van der Waals surface area contributed by atoms with Crippen LogP contribution in [-0.2, 0) is 9.53 Å². The lowest BCUT2D eigenvalue weighted by Gasteiger charge is -2.31. The summed E-state index contributed by atoms with van der Waals surface area (Å²) < 4.78 is 5.25. The van der Waals surface area contributed by atoms with Crippen molar-refractivity contribution in [1.29, 1.82) is 0 Å². The van der Waals surface area contributed by atoms with Crippen LogP contribution in [0.15, 0.2) is 0 Å². The number of ether oxygens (including phenoxy) is 1. The van der Waals surface area contributed by atoms with E-state index in [1.807, 2.05) is 0 Å². The monoisotopic (exact) mass is 155 g/mol. The lowest BCUT2D eigenvalue weighted by atomic mass is 9.80. The summed E-state index contributed by atoms with van der Waals surface area (Å²) in [5.74, 6) is 0.215. The number of carbonyl (C=O) groups excluding carboxylic acids is 1. The first kappa shape index (κ1) is 7.10. The van der Waals surface area contributed by atoms with Gasteiger partial charge >= 0.3 is 0 Å². The van der Waals surface area contributed by atoms with Gasteiger partial charge in [-0.25, -0.2) is 0 Å². The van der Waals surface area contributed by atoms with Crippen molar-refractivity contribution in [3.8, 4) is 0 Å². The number of amides is 1. The molecule has 0 aromatic heterocycles. The lowest BCUT2D eigenvalue weighted by molar-refractivity contribution is -0.120. The highest BCUT2D eigenvalue weighted by atomic mass is 16.5. The minimum absolute atomic E-state index is 0.215. The zero-order chi connectivity index (χ0) is 7.73. The van der Waals surface area contributed by atoms with Crippen LogP contribution in [0.1, 0.15) is 19.3 Å². The van der Waals surface area contributed by atoms with Gasteiger partial charge in [-0.2, -0.15) is 0 Å². The van der Waals surface area contributed by atoms with E-state index in [0.717, 1.165) is 39.0 Å². The zero-order valence-electron chi connectivity index (χ0n) is 6.56. The first-order valence-corrected chi connectivity index (χ1v) is 4.15. The molecule has 11 heavy (non-hydrogen) atoms. The smallest absolute Gasteiger partial charge is 0.220 e. The molecule has 0 radical (unpaired) electrons. The SMILES string of the molecule is O=C1CC2(CCOCC2)CN1. The molecule has 2 heterocycles. The molecule has 2 aliphatic rings. The van der Waals surface area contributed by atoms with Crippen LogP contribution in [0, 0.1) is 5.41 Å². The molecule has 0 unspecified atom stereocenters. The van der Waals surface area contributed by atoms with Crippen molar-refractivity contribution in [1.82, 2.24) is 5.32 Å². The Morgan fingerprint density at radius 2 is 2.09 bits per heavy atom. The molecular weight excluding hydrogens is 142 g/mol. The Kier molecular flexibility index (Phi) is 1.60. The molecule has 0 aromatic carbocycles. The molecule has 0 aromatic rings. The van der Waals surface area contributed by atoms with Crippen LogP contribution in [0.3, 0.4) is 0 Å². The van der Waals surface area contributed by atoms with Crippen molar-refractivity contribution in [3.05, 3.63) is 0 Å². The third kappa shape index (κ3) is 1.25. The second-order valence-corrected chi connectivity index (χ2v) is 3.57. The van der Waals surface area contributed by atoms with Crippen molar-refractivity contribution < 1.29 is 9.53 Å². The third-order valence-corrected chi connectivity index (χ3v) is 2.75. The fraction of sp³-hybridized carbons (Fsp3) is 0.875. The van der Waals surface area contributed by atoms with Crippen LogP contribution >= 0.6 is 0 Å². The molecule has 3 heteroatoms. The van der Waals surface area contributed by atoms with Crippen molar-refractivity contribution in [2.45, 2.75) is 19.3 Å². The van der Waals surface area contributed by atoms with E-state index in [2.05, 4.69) is 5.32 Å². The average molecular weight is 155 g/mol. The fourth-order valence-electron chi connectivity index (χ4n) is 1.91. The molecule has 0 aliphatic carbocycles. The summed E-state index contributed by atoms with van der Waals surface area (Å²) in [5, 5.41) is 2.89. The zero-order valence-corrected chi connectivity index (χ0v) is 6.56. The second-order valence-electron chi connectivity index (χ2n) is 3.57. The van der Waals surface area contributed by atoms with Gasteiger partial charge in [-0.3, -0.25) is 4.79 Å². The molecule has 3 nitrogen and oxygen atoms in total. The quantitative estimate of drug-likeness (QED) is 0.546. The van der Waals surface area contributed by atoms with Gasteiger partial charge in [-0.05, 0) is 12.8 Å². The largest absolute Gasteiger partial charge is 0.381 e. The summed E-state index contributed by atoms with van der Waals surface area (Å²) in [6, 6.07) is 0. The van der Waals surface area contributed by atoms with Gasteiger partial charge in [-0.1, -0.05) is 0 Å². The minimum atomic E-state index is 0.215. The molecule has 62 valence electrons. The van der Waals surface area contributed by atoms with E-state index in [-0.39, 0.29) is 11.3 Å². The molecule has 0 saturated carbocycles. The highest BCUT2D eigenvalue weighted by molar-refractivity contribution is 5.79.